The summed E-state index contributed by atoms with van der Waals surface area (Å²) in [5.41, 5.74) is 3.08. The molecular formula is C16H16S. The fourth-order valence-electron chi connectivity index (χ4n) is 2.17. The van der Waals surface area contributed by atoms with Gasteiger partial charge in [0.2, 0.25) is 0 Å². The van der Waals surface area contributed by atoms with Gasteiger partial charge in [-0.3, -0.25) is 0 Å². The molecule has 0 atom stereocenters. The summed E-state index contributed by atoms with van der Waals surface area (Å²) in [6.45, 7) is 4.49. The van der Waals surface area contributed by atoms with Crippen LogP contribution < -0.4 is 0 Å². The number of allylic oxidation sites excluding steroid dienone is 5. The zero-order chi connectivity index (χ0) is 11.9. The van der Waals surface area contributed by atoms with Gasteiger partial charge < -0.3 is 0 Å². The molecule has 2 aliphatic rings. The molecule has 1 aromatic carbocycles. The number of hydrogen-bond donors (Lipinski definition) is 0. The molecule has 0 aromatic heterocycles. The van der Waals surface area contributed by atoms with Crippen LogP contribution in [0.25, 0.3) is 0 Å². The zero-order valence-corrected chi connectivity index (χ0v) is 11.1. The summed E-state index contributed by atoms with van der Waals surface area (Å²) in [7, 11) is 0. The van der Waals surface area contributed by atoms with Gasteiger partial charge in [0.05, 0.1) is 0 Å². The number of rotatable bonds is 0. The van der Waals surface area contributed by atoms with Crippen LogP contribution in [0.1, 0.15) is 19.4 Å². The molecule has 0 saturated carbocycles. The Kier molecular flexibility index (Phi) is 2.52. The fourth-order valence-corrected chi connectivity index (χ4v) is 3.23. The predicted molar refractivity (Wildman–Crippen MR) is 75.1 cm³/mol. The number of benzene rings is 1. The Labute approximate surface area is 107 Å². The first-order valence-electron chi connectivity index (χ1n) is 6.01. The van der Waals surface area contributed by atoms with Gasteiger partial charge >= 0.3 is 0 Å². The molecule has 0 saturated heterocycles. The van der Waals surface area contributed by atoms with E-state index in [-0.39, 0.29) is 5.41 Å². The molecule has 0 radical (unpaired) electrons. The summed E-state index contributed by atoms with van der Waals surface area (Å²) in [6.07, 6.45) is 10.3. The third kappa shape index (κ3) is 2.12. The van der Waals surface area contributed by atoms with Gasteiger partial charge in [0.15, 0.2) is 0 Å². The van der Waals surface area contributed by atoms with E-state index in [0.717, 1.165) is 6.42 Å². The summed E-state index contributed by atoms with van der Waals surface area (Å²) in [6, 6.07) is 8.71. The van der Waals surface area contributed by atoms with Crippen molar-refractivity contribution in [3.63, 3.8) is 0 Å². The maximum absolute atomic E-state index is 2.31. The molecule has 0 spiro atoms. The van der Waals surface area contributed by atoms with Crippen molar-refractivity contribution in [2.24, 2.45) is 5.41 Å². The molecule has 1 aromatic rings. The Hall–Kier alpha value is -1.21. The lowest BCUT2D eigenvalue weighted by Gasteiger charge is -2.18. The van der Waals surface area contributed by atoms with Crippen LogP contribution in [-0.4, -0.2) is 0 Å². The maximum atomic E-state index is 2.31. The summed E-state index contributed by atoms with van der Waals surface area (Å²) in [5, 5.41) is 0. The van der Waals surface area contributed by atoms with E-state index in [1.165, 1.54) is 20.9 Å². The second-order valence-corrected chi connectivity index (χ2v) is 6.35. The molecule has 1 heterocycles. The fraction of sp³-hybridized carbons (Fsp3) is 0.250. The minimum atomic E-state index is 0.171. The van der Waals surface area contributed by atoms with Gasteiger partial charge in [-0.25, -0.2) is 0 Å². The van der Waals surface area contributed by atoms with E-state index in [1.807, 2.05) is 11.8 Å². The highest BCUT2D eigenvalue weighted by Gasteiger charge is 2.19. The smallest absolute Gasteiger partial charge is 0.0157 e. The topological polar surface area (TPSA) is 0 Å². The second-order valence-electron chi connectivity index (χ2n) is 5.26. The second kappa shape index (κ2) is 3.92. The van der Waals surface area contributed by atoms with Crippen LogP contribution in [0, 0.1) is 5.41 Å². The van der Waals surface area contributed by atoms with E-state index in [9.17, 15) is 0 Å². The Bertz CT molecular complexity index is 497. The molecule has 0 fully saturated rings. The molecule has 86 valence electrons. The van der Waals surface area contributed by atoms with Crippen LogP contribution in [0.3, 0.4) is 0 Å². The molecule has 0 bridgehead atoms. The van der Waals surface area contributed by atoms with Crippen molar-refractivity contribution in [3.8, 4) is 0 Å². The van der Waals surface area contributed by atoms with Crippen LogP contribution in [-0.2, 0) is 6.42 Å². The molecule has 17 heavy (non-hydrogen) atoms. The van der Waals surface area contributed by atoms with Gasteiger partial charge in [-0.2, -0.15) is 0 Å². The summed E-state index contributed by atoms with van der Waals surface area (Å²) >= 11 is 1.90. The van der Waals surface area contributed by atoms with Gasteiger partial charge in [0, 0.05) is 15.2 Å². The zero-order valence-electron chi connectivity index (χ0n) is 10.2. The summed E-state index contributed by atoms with van der Waals surface area (Å²) in [5.74, 6) is 0. The molecule has 0 amide bonds. The van der Waals surface area contributed by atoms with Crippen molar-refractivity contribution in [2.75, 3.05) is 0 Å². The molecule has 0 nitrogen and oxygen atoms in total. The first-order chi connectivity index (χ1) is 8.14. The largest absolute Gasteiger partial charge is 0.0895 e. The van der Waals surface area contributed by atoms with Gasteiger partial charge in [-0.15, -0.1) is 0 Å². The van der Waals surface area contributed by atoms with Crippen molar-refractivity contribution >= 4 is 11.8 Å². The highest BCUT2D eigenvalue weighted by molar-refractivity contribution is 8.03. The highest BCUT2D eigenvalue weighted by atomic mass is 32.2. The van der Waals surface area contributed by atoms with E-state index < -0.39 is 0 Å². The van der Waals surface area contributed by atoms with E-state index >= 15 is 0 Å². The van der Waals surface area contributed by atoms with Gasteiger partial charge in [-0.05, 0) is 23.6 Å². The van der Waals surface area contributed by atoms with Crippen molar-refractivity contribution in [2.45, 2.75) is 25.2 Å². The van der Waals surface area contributed by atoms with Crippen LogP contribution in [0.5, 0.6) is 0 Å². The van der Waals surface area contributed by atoms with Crippen molar-refractivity contribution < 1.29 is 0 Å². The lowest BCUT2D eigenvalue weighted by atomic mass is 9.93. The Balaban J connectivity index is 2.02. The van der Waals surface area contributed by atoms with E-state index in [2.05, 4.69) is 62.4 Å². The third-order valence-electron chi connectivity index (χ3n) is 3.27. The van der Waals surface area contributed by atoms with Gasteiger partial charge in [-0.1, -0.05) is 68.1 Å². The van der Waals surface area contributed by atoms with Crippen LogP contribution >= 0.6 is 11.8 Å². The maximum Gasteiger partial charge on any atom is 0.0157 e. The minimum absolute atomic E-state index is 0.171. The molecule has 1 aliphatic heterocycles. The number of thioether (sulfide) groups is 1. The monoisotopic (exact) mass is 240 g/mol. The SMILES string of the molecule is CC1(C)C=CC2=C(C=C1)Sc1ccccc1C2. The standard InChI is InChI=1S/C16H16S/c1-16(2)9-7-13-11-12-5-3-4-6-14(12)17-15(13)8-10-16/h3-10H,11H2,1-2H3. The van der Waals surface area contributed by atoms with Crippen molar-refractivity contribution in [3.05, 3.63) is 64.6 Å². The van der Waals surface area contributed by atoms with Crippen LogP contribution in [0.2, 0.25) is 0 Å². The number of fused-ring (bicyclic) bond motifs is 1. The molecule has 1 heteroatoms. The normalized spacial score (nSPS) is 20.8. The Morgan fingerprint density at radius 2 is 1.82 bits per heavy atom. The molecule has 3 rings (SSSR count). The molecule has 1 aliphatic carbocycles. The Morgan fingerprint density at radius 1 is 1.06 bits per heavy atom. The van der Waals surface area contributed by atoms with E-state index in [0.29, 0.717) is 0 Å². The van der Waals surface area contributed by atoms with Crippen LogP contribution in [0.4, 0.5) is 0 Å². The predicted octanol–water partition coefficient (Wildman–Crippen LogP) is 4.74. The molecule has 0 N–H and O–H groups in total. The third-order valence-corrected chi connectivity index (χ3v) is 4.50. The lowest BCUT2D eigenvalue weighted by molar-refractivity contribution is 0.626. The quantitative estimate of drug-likeness (QED) is 0.631. The lowest BCUT2D eigenvalue weighted by Crippen LogP contribution is -2.00. The molecular weight excluding hydrogens is 224 g/mol. The van der Waals surface area contributed by atoms with E-state index in [1.54, 1.807) is 0 Å². The minimum Gasteiger partial charge on any atom is -0.0895 e. The van der Waals surface area contributed by atoms with Crippen LogP contribution in [0.15, 0.2) is 63.9 Å². The first kappa shape index (κ1) is 10.9. The van der Waals surface area contributed by atoms with Gasteiger partial charge in [0.1, 0.15) is 0 Å². The highest BCUT2D eigenvalue weighted by Crippen LogP contribution is 2.41. The van der Waals surface area contributed by atoms with Crippen molar-refractivity contribution in [1.82, 2.24) is 0 Å². The Morgan fingerprint density at radius 3 is 2.71 bits per heavy atom. The van der Waals surface area contributed by atoms with Gasteiger partial charge in [0.25, 0.3) is 0 Å². The average Bonchev–Trinajstić information content (AvgIpc) is 2.47. The first-order valence-corrected chi connectivity index (χ1v) is 6.83. The molecule has 0 unspecified atom stereocenters. The van der Waals surface area contributed by atoms with Crippen molar-refractivity contribution in [1.29, 1.82) is 0 Å². The summed E-state index contributed by atoms with van der Waals surface area (Å²) < 4.78 is 0. The summed E-state index contributed by atoms with van der Waals surface area (Å²) in [4.78, 5) is 2.81. The number of hydrogen-bond acceptors (Lipinski definition) is 1. The van der Waals surface area contributed by atoms with E-state index in [4.69, 9.17) is 0 Å². The average molecular weight is 240 g/mol.